The Morgan fingerprint density at radius 3 is 2.64 bits per heavy atom. The monoisotopic (exact) mass is 463 g/mol. The van der Waals surface area contributed by atoms with Crippen molar-refractivity contribution in [3.05, 3.63) is 47.0 Å². The van der Waals surface area contributed by atoms with Crippen LogP contribution in [-0.2, 0) is 11.0 Å². The Balaban J connectivity index is 1.57. The largest absolute Gasteiger partial charge is 0.421 e. The fourth-order valence-corrected chi connectivity index (χ4v) is 3.02. The molecule has 3 amide bonds. The molecule has 2 aliphatic rings. The van der Waals surface area contributed by atoms with Crippen LogP contribution in [0.4, 0.5) is 28.3 Å². The van der Waals surface area contributed by atoms with Gasteiger partial charge in [-0.05, 0) is 37.1 Å². The number of benzene rings is 1. The van der Waals surface area contributed by atoms with Crippen LogP contribution in [0.5, 0.6) is 11.8 Å². The van der Waals surface area contributed by atoms with Crippen LogP contribution in [0.3, 0.4) is 0 Å². The minimum absolute atomic E-state index is 0.0587. The number of ether oxygens (including phenoxy) is 1. The van der Waals surface area contributed by atoms with Crippen molar-refractivity contribution < 1.29 is 31.9 Å². The Morgan fingerprint density at radius 1 is 1.18 bits per heavy atom. The lowest BCUT2D eigenvalue weighted by Crippen LogP contribution is -2.22. The number of nitrogens with one attached hydrogen (secondary N) is 3. The third-order valence-corrected chi connectivity index (χ3v) is 4.76. The van der Waals surface area contributed by atoms with E-state index in [0.717, 1.165) is 12.8 Å². The van der Waals surface area contributed by atoms with Crippen LogP contribution < -0.4 is 20.7 Å². The predicted octanol–water partition coefficient (Wildman–Crippen LogP) is 2.83. The van der Waals surface area contributed by atoms with Crippen molar-refractivity contribution in [1.29, 1.82) is 0 Å². The summed E-state index contributed by atoms with van der Waals surface area (Å²) >= 11 is 0. The van der Waals surface area contributed by atoms with Gasteiger partial charge in [0.2, 0.25) is 5.95 Å². The highest BCUT2D eigenvalue weighted by molar-refractivity contribution is 6.14. The van der Waals surface area contributed by atoms with Gasteiger partial charge < -0.3 is 15.4 Å². The first-order valence-corrected chi connectivity index (χ1v) is 9.58. The van der Waals surface area contributed by atoms with Gasteiger partial charge in [0.15, 0.2) is 17.2 Å². The van der Waals surface area contributed by atoms with Gasteiger partial charge in [0.05, 0.1) is 11.8 Å². The topological polar surface area (TPSA) is 123 Å². The van der Waals surface area contributed by atoms with Crippen LogP contribution >= 0.6 is 0 Å². The zero-order valence-corrected chi connectivity index (χ0v) is 16.4. The summed E-state index contributed by atoms with van der Waals surface area (Å²) in [5.41, 5.74) is -0.777. The van der Waals surface area contributed by atoms with Gasteiger partial charge in [0.25, 0.3) is 5.91 Å². The summed E-state index contributed by atoms with van der Waals surface area (Å²) < 4.78 is 59.8. The lowest BCUT2D eigenvalue weighted by molar-refractivity contribution is -0.137. The number of rotatable bonds is 5. The summed E-state index contributed by atoms with van der Waals surface area (Å²) in [5.74, 6) is -2.25. The SMILES string of the molecule is O=C1NC(=O)/C(=C/c2cnn3c(NC4CC4)nc(Oc4cc(C(F)(F)F)ccc4F)nc23)N1. The van der Waals surface area contributed by atoms with E-state index in [0.29, 0.717) is 18.2 Å². The average molecular weight is 463 g/mol. The van der Waals surface area contributed by atoms with Crippen LogP contribution in [0.15, 0.2) is 30.1 Å². The highest BCUT2D eigenvalue weighted by atomic mass is 19.4. The van der Waals surface area contributed by atoms with Gasteiger partial charge in [-0.1, -0.05) is 0 Å². The van der Waals surface area contributed by atoms with Crippen LogP contribution in [0.2, 0.25) is 0 Å². The first kappa shape index (κ1) is 20.7. The van der Waals surface area contributed by atoms with Gasteiger partial charge in [-0.2, -0.15) is 32.8 Å². The van der Waals surface area contributed by atoms with Crippen LogP contribution in [0.1, 0.15) is 24.0 Å². The number of urea groups is 1. The number of alkyl halides is 3. The summed E-state index contributed by atoms with van der Waals surface area (Å²) in [6, 6.07) is 0.702. The molecule has 33 heavy (non-hydrogen) atoms. The fourth-order valence-electron chi connectivity index (χ4n) is 3.02. The van der Waals surface area contributed by atoms with E-state index in [2.05, 4.69) is 31.0 Å². The standard InChI is InChI=1S/C19H13F4N7O3/c20-11-4-1-9(19(21,22)23)6-13(11)33-18-27-14-8(5-12-15(31)28-17(32)26-12)7-24-30(14)16(29-18)25-10-2-3-10/h1,4-7,10H,2-3H2,(H,25,27,29)(H2,26,28,31,32)/b12-5-. The number of hydrogen-bond acceptors (Lipinski definition) is 7. The molecular formula is C19H13F4N7O3. The minimum atomic E-state index is -4.70. The zero-order chi connectivity index (χ0) is 23.3. The van der Waals surface area contributed by atoms with E-state index >= 15 is 0 Å². The lowest BCUT2D eigenvalue weighted by Gasteiger charge is -2.12. The Labute approximate surface area is 181 Å². The molecule has 170 valence electrons. The molecular weight excluding hydrogens is 450 g/mol. The predicted molar refractivity (Wildman–Crippen MR) is 104 cm³/mol. The maximum Gasteiger partial charge on any atom is 0.416 e. The molecule has 10 nitrogen and oxygen atoms in total. The van der Waals surface area contributed by atoms with Gasteiger partial charge >= 0.3 is 18.2 Å². The number of amides is 3. The molecule has 3 heterocycles. The molecule has 2 aromatic heterocycles. The Kier molecular flexibility index (Phi) is 4.65. The number of carbonyl (C=O) groups is 2. The molecule has 1 saturated heterocycles. The van der Waals surface area contributed by atoms with E-state index in [9.17, 15) is 27.2 Å². The number of aromatic nitrogens is 4. The van der Waals surface area contributed by atoms with E-state index in [1.165, 1.54) is 16.8 Å². The van der Waals surface area contributed by atoms with Crippen LogP contribution in [-0.4, -0.2) is 37.6 Å². The van der Waals surface area contributed by atoms with Gasteiger partial charge in [-0.3, -0.25) is 10.1 Å². The molecule has 1 aromatic carbocycles. The molecule has 1 aliphatic heterocycles. The molecule has 0 atom stereocenters. The normalized spacial score (nSPS) is 17.4. The third kappa shape index (κ3) is 4.14. The molecule has 14 heteroatoms. The summed E-state index contributed by atoms with van der Waals surface area (Å²) in [7, 11) is 0. The molecule has 0 bridgehead atoms. The second kappa shape index (κ2) is 7.43. The number of imide groups is 1. The molecule has 3 N–H and O–H groups in total. The first-order chi connectivity index (χ1) is 15.7. The summed E-state index contributed by atoms with van der Waals surface area (Å²) in [6.07, 6.45) is -0.304. The van der Waals surface area contributed by atoms with Crippen molar-refractivity contribution in [2.75, 3.05) is 5.32 Å². The second-order valence-electron chi connectivity index (χ2n) is 7.30. The van der Waals surface area contributed by atoms with Crippen molar-refractivity contribution >= 4 is 29.6 Å². The molecule has 5 rings (SSSR count). The zero-order valence-electron chi connectivity index (χ0n) is 16.4. The Morgan fingerprint density at radius 2 is 1.97 bits per heavy atom. The van der Waals surface area contributed by atoms with Crippen molar-refractivity contribution in [3.8, 4) is 11.8 Å². The molecule has 1 saturated carbocycles. The third-order valence-electron chi connectivity index (χ3n) is 4.76. The molecule has 2 fully saturated rings. The number of nitrogens with zero attached hydrogens (tertiary/aromatic N) is 4. The van der Waals surface area contributed by atoms with Gasteiger partial charge in [0, 0.05) is 11.6 Å². The van der Waals surface area contributed by atoms with Gasteiger partial charge in [-0.15, -0.1) is 0 Å². The van der Waals surface area contributed by atoms with Crippen molar-refractivity contribution in [2.24, 2.45) is 0 Å². The second-order valence-corrected chi connectivity index (χ2v) is 7.30. The van der Waals surface area contributed by atoms with Crippen molar-refractivity contribution in [1.82, 2.24) is 30.2 Å². The highest BCUT2D eigenvalue weighted by Crippen LogP contribution is 2.34. The van der Waals surface area contributed by atoms with E-state index in [4.69, 9.17) is 4.74 Å². The molecule has 0 spiro atoms. The summed E-state index contributed by atoms with van der Waals surface area (Å²) in [4.78, 5) is 31.4. The quantitative estimate of drug-likeness (QED) is 0.302. The van der Waals surface area contributed by atoms with Crippen molar-refractivity contribution in [2.45, 2.75) is 25.1 Å². The van der Waals surface area contributed by atoms with Crippen LogP contribution in [0.25, 0.3) is 11.7 Å². The number of hydrogen-bond donors (Lipinski definition) is 3. The number of carbonyl (C=O) groups excluding carboxylic acids is 2. The first-order valence-electron chi connectivity index (χ1n) is 9.58. The molecule has 1 aliphatic carbocycles. The van der Waals surface area contributed by atoms with Gasteiger partial charge in [0.1, 0.15) is 5.70 Å². The van der Waals surface area contributed by atoms with E-state index in [1.807, 2.05) is 0 Å². The van der Waals surface area contributed by atoms with E-state index in [1.54, 1.807) is 0 Å². The van der Waals surface area contributed by atoms with E-state index < -0.39 is 41.3 Å². The van der Waals surface area contributed by atoms with Gasteiger partial charge in [-0.25, -0.2) is 9.18 Å². The maximum absolute atomic E-state index is 14.2. The number of anilines is 1. The fraction of sp³-hybridized carbons (Fsp3) is 0.211. The lowest BCUT2D eigenvalue weighted by atomic mass is 10.2. The average Bonchev–Trinajstić information content (AvgIpc) is 3.37. The molecule has 0 radical (unpaired) electrons. The Hall–Kier alpha value is -4.23. The molecule has 0 unspecified atom stereocenters. The Bertz CT molecular complexity index is 1330. The smallest absolute Gasteiger partial charge is 0.416 e. The summed E-state index contributed by atoms with van der Waals surface area (Å²) in [5, 5.41) is 11.6. The minimum Gasteiger partial charge on any atom is -0.421 e. The van der Waals surface area contributed by atoms with Crippen LogP contribution in [0, 0.1) is 5.82 Å². The van der Waals surface area contributed by atoms with E-state index in [-0.39, 0.29) is 28.9 Å². The van der Waals surface area contributed by atoms with Crippen molar-refractivity contribution in [3.63, 3.8) is 0 Å². The highest BCUT2D eigenvalue weighted by Gasteiger charge is 2.32. The maximum atomic E-state index is 14.2. The number of halogens is 4. The summed E-state index contributed by atoms with van der Waals surface area (Å²) in [6.45, 7) is 0. The number of fused-ring (bicyclic) bond motifs is 1. The molecule has 3 aromatic rings.